The highest BCUT2D eigenvalue weighted by Crippen LogP contribution is 2.28. The SMILES string of the molecule is Cc1cc(Nc2cnccn2)cc([C@H]2CCCN(CC(=O)N3CCC(C)CC3)C2)n1. The highest BCUT2D eigenvalue weighted by molar-refractivity contribution is 5.78. The van der Waals surface area contributed by atoms with Crippen molar-refractivity contribution in [3.8, 4) is 0 Å². The first-order valence-electron chi connectivity index (χ1n) is 11.1. The number of likely N-dealkylation sites (tertiary alicyclic amines) is 2. The zero-order valence-electron chi connectivity index (χ0n) is 18.0. The van der Waals surface area contributed by atoms with Gasteiger partial charge in [-0.15, -0.1) is 0 Å². The number of anilines is 2. The van der Waals surface area contributed by atoms with E-state index < -0.39 is 0 Å². The van der Waals surface area contributed by atoms with Crippen LogP contribution >= 0.6 is 0 Å². The molecule has 2 aromatic heterocycles. The Labute approximate surface area is 178 Å². The quantitative estimate of drug-likeness (QED) is 0.818. The minimum atomic E-state index is 0.282. The smallest absolute Gasteiger partial charge is 0.236 e. The first kappa shape index (κ1) is 20.7. The van der Waals surface area contributed by atoms with Crippen LogP contribution in [0.2, 0.25) is 0 Å². The van der Waals surface area contributed by atoms with E-state index in [-0.39, 0.29) is 5.91 Å². The molecule has 2 aliphatic heterocycles. The number of carbonyl (C=O) groups is 1. The van der Waals surface area contributed by atoms with Gasteiger partial charge in [-0.25, -0.2) is 4.98 Å². The molecule has 2 aromatic rings. The van der Waals surface area contributed by atoms with Crippen molar-refractivity contribution in [1.82, 2.24) is 24.8 Å². The van der Waals surface area contributed by atoms with Crippen LogP contribution in [0.1, 0.15) is 49.9 Å². The average Bonchev–Trinajstić information content (AvgIpc) is 2.75. The van der Waals surface area contributed by atoms with Gasteiger partial charge in [-0.3, -0.25) is 19.7 Å². The fourth-order valence-electron chi connectivity index (χ4n) is 4.48. The van der Waals surface area contributed by atoms with Gasteiger partial charge < -0.3 is 10.2 Å². The van der Waals surface area contributed by atoms with Crippen molar-refractivity contribution in [2.24, 2.45) is 5.92 Å². The third-order valence-electron chi connectivity index (χ3n) is 6.23. The van der Waals surface area contributed by atoms with E-state index in [1.54, 1.807) is 18.6 Å². The molecule has 0 unspecified atom stereocenters. The van der Waals surface area contributed by atoms with Crippen molar-refractivity contribution in [3.05, 3.63) is 42.1 Å². The number of nitrogens with zero attached hydrogens (tertiary/aromatic N) is 5. The van der Waals surface area contributed by atoms with Gasteiger partial charge in [-0.1, -0.05) is 6.92 Å². The molecule has 1 atom stereocenters. The van der Waals surface area contributed by atoms with E-state index in [9.17, 15) is 4.79 Å². The summed E-state index contributed by atoms with van der Waals surface area (Å²) in [5.41, 5.74) is 3.05. The lowest BCUT2D eigenvalue weighted by atomic mass is 9.93. The number of aryl methyl sites for hydroxylation is 1. The number of carbonyl (C=O) groups excluding carboxylic acids is 1. The first-order chi connectivity index (χ1) is 14.6. The Morgan fingerprint density at radius 3 is 2.77 bits per heavy atom. The molecule has 4 rings (SSSR count). The molecule has 1 N–H and O–H groups in total. The second kappa shape index (κ2) is 9.51. The summed E-state index contributed by atoms with van der Waals surface area (Å²) in [4.78, 5) is 30.4. The highest BCUT2D eigenvalue weighted by Gasteiger charge is 2.27. The summed E-state index contributed by atoms with van der Waals surface area (Å²) in [5, 5.41) is 3.33. The summed E-state index contributed by atoms with van der Waals surface area (Å²) in [6.45, 7) is 8.52. The van der Waals surface area contributed by atoms with Gasteiger partial charge in [0.15, 0.2) is 0 Å². The number of nitrogens with one attached hydrogen (secondary N) is 1. The van der Waals surface area contributed by atoms with Gasteiger partial charge in [0, 0.05) is 55.0 Å². The van der Waals surface area contributed by atoms with Crippen LogP contribution in [0.15, 0.2) is 30.7 Å². The standard InChI is InChI=1S/C23H32N6O/c1-17-5-10-29(11-6-17)23(30)16-28-9-3-4-19(15-28)21-13-20(12-18(2)26-21)27-22-14-24-7-8-25-22/h7-8,12-14,17,19H,3-6,9-11,15-16H2,1-2H3,(H,25,26,27)/t19-/m0/s1. The molecule has 0 aromatic carbocycles. The van der Waals surface area contributed by atoms with E-state index in [0.29, 0.717) is 12.5 Å². The predicted molar refractivity (Wildman–Crippen MR) is 118 cm³/mol. The lowest BCUT2D eigenvalue weighted by Gasteiger charge is -2.35. The minimum Gasteiger partial charge on any atom is -0.342 e. The van der Waals surface area contributed by atoms with Crippen molar-refractivity contribution in [2.75, 3.05) is 38.0 Å². The number of hydrogen-bond acceptors (Lipinski definition) is 6. The van der Waals surface area contributed by atoms with E-state index >= 15 is 0 Å². The van der Waals surface area contributed by atoms with E-state index in [1.807, 2.05) is 13.0 Å². The van der Waals surface area contributed by atoms with Gasteiger partial charge in [0.05, 0.1) is 12.7 Å². The van der Waals surface area contributed by atoms with Crippen LogP contribution in [0, 0.1) is 12.8 Å². The normalized spacial score (nSPS) is 20.9. The Morgan fingerprint density at radius 1 is 1.17 bits per heavy atom. The van der Waals surface area contributed by atoms with E-state index in [1.165, 1.54) is 0 Å². The van der Waals surface area contributed by atoms with Gasteiger partial charge in [0.2, 0.25) is 5.91 Å². The van der Waals surface area contributed by atoms with Crippen LogP contribution < -0.4 is 5.32 Å². The lowest BCUT2D eigenvalue weighted by Crippen LogP contribution is -2.46. The van der Waals surface area contributed by atoms with Crippen molar-refractivity contribution >= 4 is 17.4 Å². The van der Waals surface area contributed by atoms with E-state index in [2.05, 4.69) is 38.1 Å². The number of hydrogen-bond donors (Lipinski definition) is 1. The van der Waals surface area contributed by atoms with E-state index in [0.717, 1.165) is 80.7 Å². The second-order valence-electron chi connectivity index (χ2n) is 8.78. The topological polar surface area (TPSA) is 74.2 Å². The predicted octanol–water partition coefficient (Wildman–Crippen LogP) is 3.36. The van der Waals surface area contributed by atoms with Crippen molar-refractivity contribution < 1.29 is 4.79 Å². The molecule has 1 amide bonds. The maximum atomic E-state index is 12.8. The van der Waals surface area contributed by atoms with Crippen LogP contribution in [-0.2, 0) is 4.79 Å². The molecule has 2 fully saturated rings. The summed E-state index contributed by atoms with van der Waals surface area (Å²) in [6, 6.07) is 4.14. The summed E-state index contributed by atoms with van der Waals surface area (Å²) in [6.07, 6.45) is 9.51. The summed E-state index contributed by atoms with van der Waals surface area (Å²) < 4.78 is 0. The molecule has 0 saturated carbocycles. The fraction of sp³-hybridized carbons (Fsp3) is 0.565. The average molecular weight is 409 g/mol. The van der Waals surface area contributed by atoms with Gasteiger partial charge >= 0.3 is 0 Å². The van der Waals surface area contributed by atoms with E-state index in [4.69, 9.17) is 4.98 Å². The molecule has 30 heavy (non-hydrogen) atoms. The van der Waals surface area contributed by atoms with Crippen LogP contribution in [0.4, 0.5) is 11.5 Å². The van der Waals surface area contributed by atoms with Gasteiger partial charge in [-0.05, 0) is 57.2 Å². The van der Waals surface area contributed by atoms with Gasteiger partial charge in [0.25, 0.3) is 0 Å². The Balaban J connectivity index is 1.39. The molecule has 7 nitrogen and oxygen atoms in total. The van der Waals surface area contributed by atoms with Crippen molar-refractivity contribution in [1.29, 1.82) is 0 Å². The molecular formula is C23H32N6O. The molecule has 0 aliphatic carbocycles. The summed E-state index contributed by atoms with van der Waals surface area (Å²) >= 11 is 0. The molecule has 7 heteroatoms. The van der Waals surface area contributed by atoms with Crippen LogP contribution in [-0.4, -0.2) is 63.4 Å². The van der Waals surface area contributed by atoms with Crippen molar-refractivity contribution in [2.45, 2.75) is 45.4 Å². The molecule has 0 spiro atoms. The Morgan fingerprint density at radius 2 is 2.00 bits per heavy atom. The zero-order valence-corrected chi connectivity index (χ0v) is 18.0. The van der Waals surface area contributed by atoms with Gasteiger partial charge in [-0.2, -0.15) is 0 Å². The monoisotopic (exact) mass is 408 g/mol. The largest absolute Gasteiger partial charge is 0.342 e. The third kappa shape index (κ3) is 5.33. The Bertz CT molecular complexity index is 850. The van der Waals surface area contributed by atoms with Crippen LogP contribution in [0.25, 0.3) is 0 Å². The second-order valence-corrected chi connectivity index (χ2v) is 8.78. The maximum Gasteiger partial charge on any atom is 0.236 e. The molecule has 0 radical (unpaired) electrons. The molecule has 160 valence electrons. The molecule has 2 saturated heterocycles. The Kier molecular flexibility index (Phi) is 6.57. The number of amides is 1. The molecular weight excluding hydrogens is 376 g/mol. The summed E-state index contributed by atoms with van der Waals surface area (Å²) in [5.74, 6) is 2.09. The fourth-order valence-corrected chi connectivity index (χ4v) is 4.48. The summed E-state index contributed by atoms with van der Waals surface area (Å²) in [7, 11) is 0. The minimum absolute atomic E-state index is 0.282. The van der Waals surface area contributed by atoms with Crippen molar-refractivity contribution in [3.63, 3.8) is 0 Å². The lowest BCUT2D eigenvalue weighted by molar-refractivity contribution is -0.134. The van der Waals surface area contributed by atoms with Crippen LogP contribution in [0.3, 0.4) is 0 Å². The number of piperidine rings is 2. The molecule has 4 heterocycles. The first-order valence-corrected chi connectivity index (χ1v) is 11.1. The molecule has 0 bridgehead atoms. The maximum absolute atomic E-state index is 12.8. The van der Waals surface area contributed by atoms with Gasteiger partial charge in [0.1, 0.15) is 5.82 Å². The number of rotatable bonds is 5. The number of pyridine rings is 1. The number of aromatic nitrogens is 3. The third-order valence-corrected chi connectivity index (χ3v) is 6.23. The molecule has 2 aliphatic rings. The Hall–Kier alpha value is -2.54. The van der Waals surface area contributed by atoms with Crippen LogP contribution in [0.5, 0.6) is 0 Å². The highest BCUT2D eigenvalue weighted by atomic mass is 16.2. The zero-order chi connectivity index (χ0) is 20.9.